The van der Waals surface area contributed by atoms with Crippen LogP contribution in [0.3, 0.4) is 0 Å². The number of hydrogen-bond donors (Lipinski definition) is 1. The Morgan fingerprint density at radius 2 is 2.24 bits per heavy atom. The van der Waals surface area contributed by atoms with Gasteiger partial charge in [0.25, 0.3) is 0 Å². The van der Waals surface area contributed by atoms with Gasteiger partial charge in [0, 0.05) is 24.3 Å². The Kier molecular flexibility index (Phi) is 3.74. The van der Waals surface area contributed by atoms with Gasteiger partial charge in [-0.3, -0.25) is 4.79 Å². The molecule has 0 radical (unpaired) electrons. The van der Waals surface area contributed by atoms with Crippen LogP contribution in [0, 0.1) is 11.3 Å². The summed E-state index contributed by atoms with van der Waals surface area (Å²) in [6, 6.07) is 0. The number of thioether (sulfide) groups is 1. The Balaban J connectivity index is 2.06. The molecular formula is C13H23NO2S. The second kappa shape index (κ2) is 4.81. The molecule has 0 saturated carbocycles. The summed E-state index contributed by atoms with van der Waals surface area (Å²) in [5.74, 6) is 2.38. The smallest absolute Gasteiger partial charge is 0.311 e. The first-order valence-electron chi connectivity index (χ1n) is 6.44. The zero-order valence-electron chi connectivity index (χ0n) is 11.0. The Morgan fingerprint density at radius 1 is 1.47 bits per heavy atom. The lowest BCUT2D eigenvalue weighted by Gasteiger charge is -2.37. The van der Waals surface area contributed by atoms with E-state index in [0.29, 0.717) is 0 Å². The maximum Gasteiger partial charge on any atom is 0.311 e. The van der Waals surface area contributed by atoms with E-state index >= 15 is 0 Å². The van der Waals surface area contributed by atoms with Gasteiger partial charge in [-0.2, -0.15) is 11.8 Å². The highest BCUT2D eigenvalue weighted by Gasteiger charge is 2.48. The maximum atomic E-state index is 12.3. The summed E-state index contributed by atoms with van der Waals surface area (Å²) in [5, 5.41) is 3.39. The zero-order chi connectivity index (χ0) is 12.5. The van der Waals surface area contributed by atoms with E-state index in [4.69, 9.17) is 4.74 Å². The summed E-state index contributed by atoms with van der Waals surface area (Å²) in [6.45, 7) is 7.58. The van der Waals surface area contributed by atoms with Gasteiger partial charge >= 0.3 is 5.97 Å². The molecule has 1 spiro atoms. The fourth-order valence-corrected chi connectivity index (χ4v) is 4.15. The van der Waals surface area contributed by atoms with E-state index in [9.17, 15) is 4.79 Å². The normalized spacial score (nSPS) is 33.9. The number of hydrogen-bond acceptors (Lipinski definition) is 4. The molecule has 0 aliphatic carbocycles. The van der Waals surface area contributed by atoms with Crippen LogP contribution in [-0.2, 0) is 9.53 Å². The fourth-order valence-electron chi connectivity index (χ4n) is 2.80. The minimum Gasteiger partial charge on any atom is -0.460 e. The van der Waals surface area contributed by atoms with Crippen molar-refractivity contribution in [1.29, 1.82) is 0 Å². The largest absolute Gasteiger partial charge is 0.460 e. The molecule has 2 aliphatic heterocycles. The van der Waals surface area contributed by atoms with Crippen LogP contribution in [0.2, 0.25) is 0 Å². The van der Waals surface area contributed by atoms with Gasteiger partial charge in [-0.1, -0.05) is 0 Å². The van der Waals surface area contributed by atoms with Crippen LogP contribution in [0.1, 0.15) is 33.6 Å². The van der Waals surface area contributed by atoms with Crippen molar-refractivity contribution in [3.8, 4) is 0 Å². The number of nitrogens with one attached hydrogen (secondary N) is 1. The SMILES string of the molecule is CC(C)(C)OC(=O)C1CNCC12CCCSC2. The summed E-state index contributed by atoms with van der Waals surface area (Å²) >= 11 is 1.98. The molecule has 98 valence electrons. The average molecular weight is 257 g/mol. The topological polar surface area (TPSA) is 38.3 Å². The van der Waals surface area contributed by atoms with Gasteiger partial charge in [0.1, 0.15) is 5.60 Å². The van der Waals surface area contributed by atoms with Gasteiger partial charge < -0.3 is 10.1 Å². The molecule has 2 saturated heterocycles. The third-order valence-electron chi connectivity index (χ3n) is 3.61. The molecule has 2 unspecified atom stereocenters. The van der Waals surface area contributed by atoms with Crippen LogP contribution < -0.4 is 5.32 Å². The molecule has 0 aromatic heterocycles. The predicted molar refractivity (Wildman–Crippen MR) is 71.2 cm³/mol. The van der Waals surface area contributed by atoms with E-state index < -0.39 is 0 Å². The summed E-state index contributed by atoms with van der Waals surface area (Å²) in [7, 11) is 0. The lowest BCUT2D eigenvalue weighted by Crippen LogP contribution is -2.42. The minimum atomic E-state index is -0.372. The Labute approximate surface area is 108 Å². The second-order valence-electron chi connectivity index (χ2n) is 6.24. The molecular weight excluding hydrogens is 234 g/mol. The molecule has 0 aromatic carbocycles. The standard InChI is InChI=1S/C13H23NO2S/c1-12(2,3)16-11(15)10-7-14-8-13(10)5-4-6-17-9-13/h10,14H,4-9H2,1-3H3. The quantitative estimate of drug-likeness (QED) is 0.730. The molecule has 2 rings (SSSR count). The van der Waals surface area contributed by atoms with Gasteiger partial charge in [-0.05, 0) is 39.4 Å². The first kappa shape index (κ1) is 13.2. The predicted octanol–water partition coefficient (Wildman–Crippen LogP) is 2.06. The van der Waals surface area contributed by atoms with E-state index in [1.165, 1.54) is 12.2 Å². The zero-order valence-corrected chi connectivity index (χ0v) is 11.9. The van der Waals surface area contributed by atoms with Crippen molar-refractivity contribution in [2.24, 2.45) is 11.3 Å². The highest BCUT2D eigenvalue weighted by Crippen LogP contribution is 2.43. The van der Waals surface area contributed by atoms with Crippen molar-refractivity contribution in [2.75, 3.05) is 24.6 Å². The number of carbonyl (C=O) groups is 1. The van der Waals surface area contributed by atoms with Crippen molar-refractivity contribution < 1.29 is 9.53 Å². The Morgan fingerprint density at radius 3 is 2.82 bits per heavy atom. The van der Waals surface area contributed by atoms with E-state index in [1.807, 2.05) is 32.5 Å². The van der Waals surface area contributed by atoms with E-state index in [1.54, 1.807) is 0 Å². The van der Waals surface area contributed by atoms with Gasteiger partial charge in [0.15, 0.2) is 0 Å². The Hall–Kier alpha value is -0.220. The lowest BCUT2D eigenvalue weighted by atomic mass is 9.76. The molecule has 2 aliphatic rings. The van der Waals surface area contributed by atoms with Crippen LogP contribution in [0.15, 0.2) is 0 Å². The van der Waals surface area contributed by atoms with E-state index in [2.05, 4.69) is 5.32 Å². The molecule has 0 aromatic rings. The van der Waals surface area contributed by atoms with Crippen molar-refractivity contribution in [3.63, 3.8) is 0 Å². The fraction of sp³-hybridized carbons (Fsp3) is 0.923. The number of rotatable bonds is 1. The van der Waals surface area contributed by atoms with Crippen molar-refractivity contribution in [2.45, 2.75) is 39.2 Å². The first-order chi connectivity index (χ1) is 7.93. The highest BCUT2D eigenvalue weighted by molar-refractivity contribution is 7.99. The highest BCUT2D eigenvalue weighted by atomic mass is 32.2. The van der Waals surface area contributed by atoms with Crippen LogP contribution in [0.4, 0.5) is 0 Å². The molecule has 0 amide bonds. The third-order valence-corrected chi connectivity index (χ3v) is 4.97. The number of carbonyl (C=O) groups excluding carboxylic acids is 1. The van der Waals surface area contributed by atoms with Crippen LogP contribution in [0.5, 0.6) is 0 Å². The van der Waals surface area contributed by atoms with Gasteiger partial charge in [0.05, 0.1) is 5.92 Å². The molecule has 0 bridgehead atoms. The summed E-state index contributed by atoms with van der Waals surface area (Å²) in [4.78, 5) is 12.3. The molecule has 2 fully saturated rings. The van der Waals surface area contributed by atoms with Crippen molar-refractivity contribution in [1.82, 2.24) is 5.32 Å². The molecule has 4 heteroatoms. The van der Waals surface area contributed by atoms with Crippen LogP contribution in [0.25, 0.3) is 0 Å². The molecule has 3 nitrogen and oxygen atoms in total. The molecule has 2 heterocycles. The minimum absolute atomic E-state index is 0.00926. The second-order valence-corrected chi connectivity index (χ2v) is 7.34. The Bertz CT molecular complexity index is 292. The number of esters is 1. The van der Waals surface area contributed by atoms with Crippen LogP contribution in [-0.4, -0.2) is 36.2 Å². The van der Waals surface area contributed by atoms with E-state index in [0.717, 1.165) is 25.3 Å². The van der Waals surface area contributed by atoms with Crippen molar-refractivity contribution in [3.05, 3.63) is 0 Å². The van der Waals surface area contributed by atoms with E-state index in [-0.39, 0.29) is 22.9 Å². The first-order valence-corrected chi connectivity index (χ1v) is 7.60. The molecule has 2 atom stereocenters. The summed E-state index contributed by atoms with van der Waals surface area (Å²) < 4.78 is 5.56. The van der Waals surface area contributed by atoms with Gasteiger partial charge in [0.2, 0.25) is 0 Å². The monoisotopic (exact) mass is 257 g/mol. The third kappa shape index (κ3) is 2.97. The number of ether oxygens (including phenoxy) is 1. The van der Waals surface area contributed by atoms with Crippen LogP contribution >= 0.6 is 11.8 Å². The van der Waals surface area contributed by atoms with Gasteiger partial charge in [-0.15, -0.1) is 0 Å². The summed E-state index contributed by atoms with van der Waals surface area (Å²) in [6.07, 6.45) is 2.39. The average Bonchev–Trinajstić information content (AvgIpc) is 2.60. The molecule has 17 heavy (non-hydrogen) atoms. The van der Waals surface area contributed by atoms with Gasteiger partial charge in [-0.25, -0.2) is 0 Å². The van der Waals surface area contributed by atoms with Crippen molar-refractivity contribution >= 4 is 17.7 Å². The maximum absolute atomic E-state index is 12.3. The lowest BCUT2D eigenvalue weighted by molar-refractivity contribution is -0.162. The molecule has 1 N–H and O–H groups in total. The summed E-state index contributed by atoms with van der Waals surface area (Å²) in [5.41, 5.74) is -0.214.